The molecule has 54 valence electrons. The Morgan fingerprint density at radius 2 is 2.40 bits per heavy atom. The van der Waals surface area contributed by atoms with Gasteiger partial charge in [0, 0.05) is 12.9 Å². The Morgan fingerprint density at radius 3 is 3.00 bits per heavy atom. The molecule has 1 nitrogen and oxygen atoms in total. The number of benzene rings is 1. The minimum Gasteiger partial charge on any atom is -0.324 e. The first-order valence-electron chi connectivity index (χ1n) is 5.95. The van der Waals surface area contributed by atoms with Crippen LogP contribution in [0.4, 0.5) is 0 Å². The van der Waals surface area contributed by atoms with Gasteiger partial charge in [-0.1, -0.05) is 37.2 Å². The van der Waals surface area contributed by atoms with E-state index in [1.165, 1.54) is 12.1 Å². The van der Waals surface area contributed by atoms with Gasteiger partial charge in [-0.25, -0.2) is 0 Å². The molecule has 0 fully saturated rings. The molecule has 1 aromatic carbocycles. The molecule has 2 N–H and O–H groups in total. The average molecular weight is 141 g/mol. The molecular weight excluding hydrogens is 122 g/mol. The van der Waals surface area contributed by atoms with E-state index in [-0.39, 0.29) is 5.56 Å². The lowest BCUT2D eigenvalue weighted by Crippen LogP contribution is -2.07. The SMILES string of the molecule is [2H]C([2H])([2H])C([2H])([2H])[C@@]([2H])(N)c1ccccc1. The van der Waals surface area contributed by atoms with Gasteiger partial charge in [-0.3, -0.25) is 0 Å². The highest BCUT2D eigenvalue weighted by molar-refractivity contribution is 5.17. The summed E-state index contributed by atoms with van der Waals surface area (Å²) in [4.78, 5) is 0. The summed E-state index contributed by atoms with van der Waals surface area (Å²) in [5.41, 5.74) is 5.67. The summed E-state index contributed by atoms with van der Waals surface area (Å²) in [7, 11) is 0. The van der Waals surface area contributed by atoms with Crippen LogP contribution < -0.4 is 5.73 Å². The van der Waals surface area contributed by atoms with E-state index in [1.54, 1.807) is 18.2 Å². The second kappa shape index (κ2) is 3.37. The van der Waals surface area contributed by atoms with Crippen LogP contribution >= 0.6 is 0 Å². The number of rotatable bonds is 2. The zero-order valence-corrected chi connectivity index (χ0v) is 5.46. The van der Waals surface area contributed by atoms with Gasteiger partial charge in [0.25, 0.3) is 0 Å². The Bertz CT molecular complexity index is 356. The van der Waals surface area contributed by atoms with E-state index in [0.717, 1.165) is 0 Å². The topological polar surface area (TPSA) is 26.0 Å². The van der Waals surface area contributed by atoms with E-state index >= 15 is 0 Å². The number of nitrogens with two attached hydrogens (primary N) is 1. The largest absolute Gasteiger partial charge is 0.324 e. The van der Waals surface area contributed by atoms with Gasteiger partial charge in [0.1, 0.15) is 0 Å². The molecule has 0 aliphatic rings. The van der Waals surface area contributed by atoms with E-state index in [1.807, 2.05) is 0 Å². The Labute approximate surface area is 70.3 Å². The summed E-state index contributed by atoms with van der Waals surface area (Å²) in [5.74, 6) is 0. The van der Waals surface area contributed by atoms with Gasteiger partial charge < -0.3 is 5.73 Å². The molecule has 0 unspecified atom stereocenters. The molecule has 1 aromatic rings. The van der Waals surface area contributed by atoms with E-state index in [0.29, 0.717) is 0 Å². The third-order valence-electron chi connectivity index (χ3n) is 1.22. The summed E-state index contributed by atoms with van der Waals surface area (Å²) >= 11 is 0. The van der Waals surface area contributed by atoms with Crippen LogP contribution in [-0.4, -0.2) is 0 Å². The van der Waals surface area contributed by atoms with E-state index in [4.69, 9.17) is 14.0 Å². The summed E-state index contributed by atoms with van der Waals surface area (Å²) in [6.45, 7) is -2.95. The average Bonchev–Trinajstić information content (AvgIpc) is 2.17. The monoisotopic (exact) mass is 141 g/mol. The van der Waals surface area contributed by atoms with Crippen LogP contribution in [-0.2, 0) is 0 Å². The molecule has 1 heteroatoms. The first kappa shape index (κ1) is 2.67. The van der Waals surface area contributed by atoms with Gasteiger partial charge in [-0.05, 0) is 11.9 Å². The van der Waals surface area contributed by atoms with Crippen LogP contribution in [0.1, 0.15) is 33.0 Å². The number of hydrogen-bond acceptors (Lipinski definition) is 1. The smallest absolute Gasteiger partial charge is 0.0514 e. The zero-order valence-electron chi connectivity index (χ0n) is 11.5. The van der Waals surface area contributed by atoms with Gasteiger partial charge in [0.15, 0.2) is 0 Å². The summed E-state index contributed by atoms with van der Waals surface area (Å²) in [6, 6.07) is 5.43. The van der Waals surface area contributed by atoms with Crippen molar-refractivity contribution >= 4 is 0 Å². The predicted molar refractivity (Wildman–Crippen MR) is 43.7 cm³/mol. The second-order valence-electron chi connectivity index (χ2n) is 1.90. The van der Waals surface area contributed by atoms with E-state index in [2.05, 4.69) is 0 Å². The Morgan fingerprint density at radius 1 is 1.70 bits per heavy atom. The normalized spacial score (nSPS) is 27.7. The van der Waals surface area contributed by atoms with Crippen molar-refractivity contribution in [2.45, 2.75) is 19.2 Å². The highest BCUT2D eigenvalue weighted by atomic mass is 14.6. The Hall–Kier alpha value is -0.820. The molecule has 1 rings (SSSR count). The molecule has 0 aliphatic heterocycles. The van der Waals surface area contributed by atoms with Crippen molar-refractivity contribution in [3.8, 4) is 0 Å². The van der Waals surface area contributed by atoms with Crippen molar-refractivity contribution < 1.29 is 8.22 Å². The van der Waals surface area contributed by atoms with Crippen molar-refractivity contribution in [1.82, 2.24) is 0 Å². The third kappa shape index (κ3) is 1.58. The fraction of sp³-hybridized carbons (Fsp3) is 0.333. The molecule has 0 spiro atoms. The van der Waals surface area contributed by atoms with Crippen molar-refractivity contribution in [1.29, 1.82) is 0 Å². The number of hydrogen-bond donors (Lipinski definition) is 1. The lowest BCUT2D eigenvalue weighted by molar-refractivity contribution is 0.699. The highest BCUT2D eigenvalue weighted by Gasteiger charge is 1.99. The van der Waals surface area contributed by atoms with Gasteiger partial charge in [-0.15, -0.1) is 0 Å². The zero-order chi connectivity index (χ0) is 12.6. The molecule has 1 atom stereocenters. The molecule has 0 saturated carbocycles. The summed E-state index contributed by atoms with van der Waals surface area (Å²) in [6.07, 6.45) is -2.82. The first-order chi connectivity index (χ1) is 7.11. The minimum absolute atomic E-state index is 0.135. The molecule has 0 heterocycles. The standard InChI is InChI=1S/C9H13N/c1-2-9(10)8-6-4-3-5-7-8/h3-7,9H,2,10H2,1H3/t9-/m1/s1/i1D3,2D2,9D. The maximum atomic E-state index is 7.77. The van der Waals surface area contributed by atoms with Crippen LogP contribution in [0.2, 0.25) is 0 Å². The second-order valence-corrected chi connectivity index (χ2v) is 1.90. The van der Waals surface area contributed by atoms with Crippen LogP contribution in [0.15, 0.2) is 30.3 Å². The van der Waals surface area contributed by atoms with Crippen LogP contribution in [0.25, 0.3) is 0 Å². The van der Waals surface area contributed by atoms with Gasteiger partial charge in [0.2, 0.25) is 0 Å². The maximum absolute atomic E-state index is 7.77. The fourth-order valence-corrected chi connectivity index (χ4v) is 0.690. The minimum atomic E-state index is -2.95. The molecule has 0 aromatic heterocycles. The first-order valence-corrected chi connectivity index (χ1v) is 2.95. The molecule has 10 heavy (non-hydrogen) atoms. The highest BCUT2D eigenvalue weighted by Crippen LogP contribution is 2.11. The quantitative estimate of drug-likeness (QED) is 0.670. The van der Waals surface area contributed by atoms with Gasteiger partial charge >= 0.3 is 0 Å². The predicted octanol–water partition coefficient (Wildman–Crippen LogP) is 2.10. The lowest BCUT2D eigenvalue weighted by Gasteiger charge is -2.06. The lowest BCUT2D eigenvalue weighted by atomic mass is 10.1. The van der Waals surface area contributed by atoms with Crippen LogP contribution in [0, 0.1) is 0 Å². The van der Waals surface area contributed by atoms with Crippen molar-refractivity contribution in [2.75, 3.05) is 0 Å². The van der Waals surface area contributed by atoms with Crippen molar-refractivity contribution in [3.63, 3.8) is 0 Å². The van der Waals surface area contributed by atoms with Crippen molar-refractivity contribution in [3.05, 3.63) is 35.9 Å². The molecule has 0 aliphatic carbocycles. The molecular formula is C9H13N. The summed E-state index contributed by atoms with van der Waals surface area (Å²) < 4.78 is 44.1. The fourth-order valence-electron chi connectivity index (χ4n) is 0.690. The van der Waals surface area contributed by atoms with Gasteiger partial charge in [0.05, 0.1) is 1.37 Å². The Kier molecular flexibility index (Phi) is 0.899. The maximum Gasteiger partial charge on any atom is 0.0514 e. The third-order valence-corrected chi connectivity index (χ3v) is 1.22. The Balaban J connectivity index is 3.22. The van der Waals surface area contributed by atoms with E-state index < -0.39 is 19.2 Å². The molecule has 0 amide bonds. The van der Waals surface area contributed by atoms with Gasteiger partial charge in [-0.2, -0.15) is 0 Å². The molecule has 0 saturated heterocycles. The van der Waals surface area contributed by atoms with Crippen LogP contribution in [0.5, 0.6) is 0 Å². The molecule has 0 radical (unpaired) electrons. The van der Waals surface area contributed by atoms with E-state index in [9.17, 15) is 0 Å². The molecule has 0 bridgehead atoms. The van der Waals surface area contributed by atoms with Crippen molar-refractivity contribution in [2.24, 2.45) is 5.73 Å². The van der Waals surface area contributed by atoms with Crippen LogP contribution in [0.3, 0.4) is 0 Å². The summed E-state index contributed by atoms with van der Waals surface area (Å²) in [5, 5.41) is 0.